The van der Waals surface area contributed by atoms with E-state index in [4.69, 9.17) is 9.47 Å². The molecule has 2 amide bonds. The lowest BCUT2D eigenvalue weighted by Crippen LogP contribution is -2.48. The molecule has 104 valence electrons. The molecule has 2 N–H and O–H groups in total. The molecule has 1 aliphatic heterocycles. The van der Waals surface area contributed by atoms with Gasteiger partial charge in [-0.05, 0) is 26.3 Å². The van der Waals surface area contributed by atoms with Crippen molar-refractivity contribution in [1.82, 2.24) is 10.6 Å². The maximum Gasteiger partial charge on any atom is 0.315 e. The number of para-hydroxylation sites is 1. The number of ether oxygens (including phenoxy) is 2. The first-order chi connectivity index (χ1) is 9.10. The third-order valence-electron chi connectivity index (χ3n) is 2.93. The van der Waals surface area contributed by atoms with Gasteiger partial charge in [0, 0.05) is 11.6 Å². The number of carbonyl (C=O) groups is 1. The summed E-state index contributed by atoms with van der Waals surface area (Å²) in [6.45, 7) is 4.31. The highest BCUT2D eigenvalue weighted by molar-refractivity contribution is 5.74. The Labute approximate surface area is 113 Å². The molecule has 5 heteroatoms. The van der Waals surface area contributed by atoms with Crippen LogP contribution in [0.25, 0.3) is 0 Å². The summed E-state index contributed by atoms with van der Waals surface area (Å²) in [6, 6.07) is 5.74. The van der Waals surface area contributed by atoms with Gasteiger partial charge in [0.1, 0.15) is 6.61 Å². The van der Waals surface area contributed by atoms with Gasteiger partial charge in [0.2, 0.25) is 0 Å². The van der Waals surface area contributed by atoms with Gasteiger partial charge < -0.3 is 20.1 Å². The summed E-state index contributed by atoms with van der Waals surface area (Å²) in [5.74, 6) is 1.52. The predicted molar refractivity (Wildman–Crippen MR) is 72.8 cm³/mol. The van der Waals surface area contributed by atoms with Crippen LogP contribution in [0.5, 0.6) is 11.5 Å². The molecule has 0 bridgehead atoms. The summed E-state index contributed by atoms with van der Waals surface area (Å²) in [4.78, 5) is 11.7. The minimum absolute atomic E-state index is 0.0154. The Balaban J connectivity index is 2.00. The van der Waals surface area contributed by atoms with Gasteiger partial charge >= 0.3 is 6.03 Å². The minimum Gasteiger partial charge on any atom is -0.493 e. The summed E-state index contributed by atoms with van der Waals surface area (Å²) < 4.78 is 11.0. The van der Waals surface area contributed by atoms with Crippen LogP contribution in [0.15, 0.2) is 18.2 Å². The van der Waals surface area contributed by atoms with Crippen molar-refractivity contribution in [3.8, 4) is 11.5 Å². The molecule has 0 radical (unpaired) electrons. The fraction of sp³-hybridized carbons (Fsp3) is 0.500. The van der Waals surface area contributed by atoms with E-state index in [0.29, 0.717) is 6.61 Å². The summed E-state index contributed by atoms with van der Waals surface area (Å²) in [7, 11) is 1.62. The second-order valence-electron chi connectivity index (χ2n) is 4.93. The first-order valence-corrected chi connectivity index (χ1v) is 6.46. The Bertz CT molecular complexity index is 460. The molecular formula is C14H20N2O3. The van der Waals surface area contributed by atoms with E-state index in [9.17, 15) is 4.79 Å². The van der Waals surface area contributed by atoms with Gasteiger partial charge in [-0.3, -0.25) is 0 Å². The summed E-state index contributed by atoms with van der Waals surface area (Å²) in [5, 5.41) is 5.72. The Morgan fingerprint density at radius 2 is 2.26 bits per heavy atom. The zero-order chi connectivity index (χ0) is 13.8. The first kappa shape index (κ1) is 13.5. The molecule has 1 atom stereocenters. The van der Waals surface area contributed by atoms with E-state index in [-0.39, 0.29) is 18.1 Å². The fourth-order valence-electron chi connectivity index (χ4n) is 2.14. The maximum atomic E-state index is 11.7. The Hall–Kier alpha value is -1.91. The van der Waals surface area contributed by atoms with Crippen molar-refractivity contribution in [3.63, 3.8) is 0 Å². The lowest BCUT2D eigenvalue weighted by molar-refractivity contribution is 0.208. The number of amides is 2. The van der Waals surface area contributed by atoms with Crippen LogP contribution in [0.4, 0.5) is 4.79 Å². The molecule has 0 saturated heterocycles. The molecule has 1 aromatic carbocycles. The average Bonchev–Trinajstić information content (AvgIpc) is 2.36. The molecule has 1 aromatic rings. The smallest absolute Gasteiger partial charge is 0.315 e. The molecule has 0 aliphatic carbocycles. The van der Waals surface area contributed by atoms with E-state index in [0.717, 1.165) is 23.5 Å². The number of nitrogens with one attached hydrogen (secondary N) is 2. The van der Waals surface area contributed by atoms with Crippen LogP contribution < -0.4 is 20.1 Å². The largest absolute Gasteiger partial charge is 0.493 e. The van der Waals surface area contributed by atoms with Crippen molar-refractivity contribution >= 4 is 6.03 Å². The van der Waals surface area contributed by atoms with E-state index >= 15 is 0 Å². The second-order valence-corrected chi connectivity index (χ2v) is 4.93. The van der Waals surface area contributed by atoms with Crippen LogP contribution in [0.2, 0.25) is 0 Å². The SMILES string of the molecule is COc1cccc2c1OC[C@@H](NC(=O)NC(C)C)C2. The van der Waals surface area contributed by atoms with Gasteiger partial charge in [-0.25, -0.2) is 4.79 Å². The van der Waals surface area contributed by atoms with Gasteiger partial charge in [-0.2, -0.15) is 0 Å². The normalized spacial score (nSPS) is 17.4. The van der Waals surface area contributed by atoms with Gasteiger partial charge in [0.25, 0.3) is 0 Å². The number of urea groups is 1. The van der Waals surface area contributed by atoms with E-state index in [1.807, 2.05) is 32.0 Å². The second kappa shape index (κ2) is 5.82. The maximum absolute atomic E-state index is 11.7. The van der Waals surface area contributed by atoms with E-state index in [1.54, 1.807) is 7.11 Å². The fourth-order valence-corrected chi connectivity index (χ4v) is 2.14. The third-order valence-corrected chi connectivity index (χ3v) is 2.93. The highest BCUT2D eigenvalue weighted by Crippen LogP contribution is 2.34. The zero-order valence-electron chi connectivity index (χ0n) is 11.5. The number of fused-ring (bicyclic) bond motifs is 1. The van der Waals surface area contributed by atoms with Crippen LogP contribution in [0, 0.1) is 0 Å². The van der Waals surface area contributed by atoms with E-state index in [2.05, 4.69) is 10.6 Å². The zero-order valence-corrected chi connectivity index (χ0v) is 11.5. The van der Waals surface area contributed by atoms with E-state index in [1.165, 1.54) is 0 Å². The Morgan fingerprint density at radius 1 is 1.47 bits per heavy atom. The topological polar surface area (TPSA) is 59.6 Å². The van der Waals surface area contributed by atoms with Crippen LogP contribution in [-0.4, -0.2) is 31.8 Å². The standard InChI is InChI=1S/C14H20N2O3/c1-9(2)15-14(17)16-11-7-10-5-4-6-12(18-3)13(10)19-8-11/h4-6,9,11H,7-8H2,1-3H3,(H2,15,16,17)/t11-/m0/s1. The lowest BCUT2D eigenvalue weighted by atomic mass is 10.0. The molecule has 0 saturated carbocycles. The van der Waals surface area contributed by atoms with Gasteiger partial charge in [0.05, 0.1) is 13.2 Å². The van der Waals surface area contributed by atoms with Crippen molar-refractivity contribution in [3.05, 3.63) is 23.8 Å². The predicted octanol–water partition coefficient (Wildman–Crippen LogP) is 1.71. The van der Waals surface area contributed by atoms with E-state index < -0.39 is 0 Å². The molecule has 2 rings (SSSR count). The van der Waals surface area contributed by atoms with Crippen molar-refractivity contribution < 1.29 is 14.3 Å². The van der Waals surface area contributed by atoms with Gasteiger partial charge in [-0.1, -0.05) is 12.1 Å². The quantitative estimate of drug-likeness (QED) is 0.873. The lowest BCUT2D eigenvalue weighted by Gasteiger charge is -2.27. The summed E-state index contributed by atoms with van der Waals surface area (Å²) >= 11 is 0. The molecule has 19 heavy (non-hydrogen) atoms. The van der Waals surface area contributed by atoms with Gasteiger partial charge in [0.15, 0.2) is 11.5 Å². The van der Waals surface area contributed by atoms with Crippen molar-refractivity contribution in [1.29, 1.82) is 0 Å². The molecule has 1 aliphatic rings. The van der Waals surface area contributed by atoms with Crippen LogP contribution in [0.1, 0.15) is 19.4 Å². The van der Waals surface area contributed by atoms with Crippen LogP contribution in [0.3, 0.4) is 0 Å². The molecule has 0 unspecified atom stereocenters. The molecule has 5 nitrogen and oxygen atoms in total. The van der Waals surface area contributed by atoms with Crippen molar-refractivity contribution in [2.75, 3.05) is 13.7 Å². The monoisotopic (exact) mass is 264 g/mol. The van der Waals surface area contributed by atoms with Crippen LogP contribution in [-0.2, 0) is 6.42 Å². The number of hydrogen-bond donors (Lipinski definition) is 2. The molecule has 0 spiro atoms. The number of rotatable bonds is 3. The average molecular weight is 264 g/mol. The Morgan fingerprint density at radius 3 is 2.95 bits per heavy atom. The van der Waals surface area contributed by atoms with Crippen LogP contribution >= 0.6 is 0 Å². The summed E-state index contributed by atoms with van der Waals surface area (Å²) in [6.07, 6.45) is 0.748. The van der Waals surface area contributed by atoms with Gasteiger partial charge in [-0.15, -0.1) is 0 Å². The summed E-state index contributed by atoms with van der Waals surface area (Å²) in [5.41, 5.74) is 1.06. The first-order valence-electron chi connectivity index (χ1n) is 6.46. The molecule has 1 heterocycles. The van der Waals surface area contributed by atoms with Crippen molar-refractivity contribution in [2.24, 2.45) is 0 Å². The molecular weight excluding hydrogens is 244 g/mol. The highest BCUT2D eigenvalue weighted by Gasteiger charge is 2.23. The third kappa shape index (κ3) is 3.30. The highest BCUT2D eigenvalue weighted by atomic mass is 16.5. The number of benzene rings is 1. The minimum atomic E-state index is -0.157. The molecule has 0 aromatic heterocycles. The van der Waals surface area contributed by atoms with Crippen molar-refractivity contribution in [2.45, 2.75) is 32.4 Å². The number of methoxy groups -OCH3 is 1. The number of carbonyl (C=O) groups excluding carboxylic acids is 1. The number of hydrogen-bond acceptors (Lipinski definition) is 3. The molecule has 0 fully saturated rings. The Kier molecular flexibility index (Phi) is 4.14.